The van der Waals surface area contributed by atoms with Gasteiger partial charge in [0.25, 0.3) is 0 Å². The molecule has 0 N–H and O–H groups in total. The maximum atomic E-state index is 11.6. The topological polar surface area (TPSA) is 56.0 Å². The largest absolute Gasteiger partial charge is 0.339 e. The third kappa shape index (κ3) is 3.44. The molecule has 0 aliphatic heterocycles. The van der Waals surface area contributed by atoms with Gasteiger partial charge in [0.1, 0.15) is 5.78 Å². The number of hydrogen-bond donors (Lipinski definition) is 0. The molecular weight excluding hydrogens is 260 g/mol. The second-order valence-corrected chi connectivity index (χ2v) is 5.67. The fourth-order valence-corrected chi connectivity index (χ4v) is 2.55. The molecule has 1 fully saturated rings. The summed E-state index contributed by atoms with van der Waals surface area (Å²) in [7, 11) is 0. The molecule has 1 aliphatic carbocycles. The van der Waals surface area contributed by atoms with Crippen molar-refractivity contribution in [2.75, 3.05) is 0 Å². The monoisotopic (exact) mass is 274 g/mol. The third-order valence-corrected chi connectivity index (χ3v) is 3.99. The van der Waals surface area contributed by atoms with Gasteiger partial charge in [-0.3, -0.25) is 4.79 Å². The molecule has 1 aromatic heterocycles. The second-order valence-electron chi connectivity index (χ2n) is 4.62. The molecule has 0 spiro atoms. The van der Waals surface area contributed by atoms with E-state index in [0.29, 0.717) is 17.5 Å². The molecule has 1 aromatic carbocycles. The van der Waals surface area contributed by atoms with E-state index in [2.05, 4.69) is 10.1 Å². The van der Waals surface area contributed by atoms with Crippen LogP contribution in [0.5, 0.6) is 0 Å². The predicted molar refractivity (Wildman–Crippen MR) is 71.7 cm³/mol. The first-order valence-electron chi connectivity index (χ1n) is 6.33. The Hall–Kier alpha value is -1.62. The van der Waals surface area contributed by atoms with Gasteiger partial charge < -0.3 is 4.52 Å². The van der Waals surface area contributed by atoms with Gasteiger partial charge in [-0.1, -0.05) is 23.4 Å². The molecule has 5 heteroatoms. The number of benzene rings is 1. The zero-order valence-corrected chi connectivity index (χ0v) is 11.2. The summed E-state index contributed by atoms with van der Waals surface area (Å²) in [6.07, 6.45) is 2.32. The highest BCUT2D eigenvalue weighted by Gasteiger charge is 2.30. The average Bonchev–Trinajstić information content (AvgIpc) is 3.20. The molecular formula is C14H14N2O2S. The SMILES string of the molecule is O=C(Cc1nc(CSc2ccccc2)no1)C1CC1. The third-order valence-electron chi connectivity index (χ3n) is 2.98. The van der Waals surface area contributed by atoms with Crippen LogP contribution in [0.1, 0.15) is 24.6 Å². The fourth-order valence-electron chi connectivity index (χ4n) is 1.78. The molecule has 0 bridgehead atoms. The summed E-state index contributed by atoms with van der Waals surface area (Å²) in [5.41, 5.74) is 0. The van der Waals surface area contributed by atoms with Crippen molar-refractivity contribution < 1.29 is 9.32 Å². The molecule has 4 nitrogen and oxygen atoms in total. The van der Waals surface area contributed by atoms with Crippen molar-refractivity contribution in [3.05, 3.63) is 42.0 Å². The van der Waals surface area contributed by atoms with Gasteiger partial charge in [0.2, 0.25) is 5.89 Å². The Bertz CT molecular complexity index is 564. The van der Waals surface area contributed by atoms with Crippen molar-refractivity contribution in [1.29, 1.82) is 0 Å². The first-order chi connectivity index (χ1) is 9.31. The number of thioether (sulfide) groups is 1. The lowest BCUT2D eigenvalue weighted by molar-refractivity contribution is -0.119. The molecule has 0 radical (unpaired) electrons. The highest BCUT2D eigenvalue weighted by Crippen LogP contribution is 2.30. The van der Waals surface area contributed by atoms with Gasteiger partial charge in [0, 0.05) is 10.8 Å². The van der Waals surface area contributed by atoms with Crippen molar-refractivity contribution in [2.45, 2.75) is 29.9 Å². The van der Waals surface area contributed by atoms with Crippen LogP contribution in [0.2, 0.25) is 0 Å². The number of carbonyl (C=O) groups is 1. The van der Waals surface area contributed by atoms with Gasteiger partial charge in [-0.05, 0) is 25.0 Å². The molecule has 98 valence electrons. The summed E-state index contributed by atoms with van der Waals surface area (Å²) >= 11 is 1.65. The lowest BCUT2D eigenvalue weighted by atomic mass is 10.2. The molecule has 19 heavy (non-hydrogen) atoms. The maximum Gasteiger partial charge on any atom is 0.234 e. The molecule has 0 amide bonds. The van der Waals surface area contributed by atoms with E-state index in [1.54, 1.807) is 11.8 Å². The van der Waals surface area contributed by atoms with Crippen molar-refractivity contribution in [1.82, 2.24) is 10.1 Å². The minimum atomic E-state index is 0.228. The average molecular weight is 274 g/mol. The lowest BCUT2D eigenvalue weighted by Gasteiger charge is -1.96. The first kappa shape index (κ1) is 12.4. The minimum Gasteiger partial charge on any atom is -0.339 e. The normalized spacial score (nSPS) is 14.5. The van der Waals surface area contributed by atoms with Gasteiger partial charge in [0.05, 0.1) is 12.2 Å². The van der Waals surface area contributed by atoms with Crippen LogP contribution >= 0.6 is 11.8 Å². The van der Waals surface area contributed by atoms with Crippen molar-refractivity contribution in [2.24, 2.45) is 5.92 Å². The molecule has 0 unspecified atom stereocenters. The van der Waals surface area contributed by atoms with Crippen LogP contribution in [0, 0.1) is 5.92 Å². The number of hydrogen-bond acceptors (Lipinski definition) is 5. The van der Waals surface area contributed by atoms with E-state index < -0.39 is 0 Å². The molecule has 2 aromatic rings. The van der Waals surface area contributed by atoms with Crippen molar-refractivity contribution >= 4 is 17.5 Å². The molecule has 1 heterocycles. The van der Waals surface area contributed by atoms with E-state index >= 15 is 0 Å². The van der Waals surface area contributed by atoms with E-state index in [9.17, 15) is 4.79 Å². The van der Waals surface area contributed by atoms with Crippen LogP contribution in [0.25, 0.3) is 0 Å². The van der Waals surface area contributed by atoms with Crippen LogP contribution in [-0.4, -0.2) is 15.9 Å². The lowest BCUT2D eigenvalue weighted by Crippen LogP contribution is -2.04. The summed E-state index contributed by atoms with van der Waals surface area (Å²) in [6, 6.07) is 10.1. The number of rotatable bonds is 6. The Labute approximate surface area is 115 Å². The Kier molecular flexibility index (Phi) is 3.64. The molecule has 0 saturated heterocycles. The summed E-state index contributed by atoms with van der Waals surface area (Å²) < 4.78 is 5.11. The Balaban J connectivity index is 1.54. The van der Waals surface area contributed by atoms with Crippen LogP contribution in [0.4, 0.5) is 0 Å². The highest BCUT2D eigenvalue weighted by atomic mass is 32.2. The van der Waals surface area contributed by atoms with Gasteiger partial charge in [0.15, 0.2) is 5.82 Å². The van der Waals surface area contributed by atoms with Crippen LogP contribution in [-0.2, 0) is 17.0 Å². The summed E-state index contributed by atoms with van der Waals surface area (Å²) in [6.45, 7) is 0. The maximum absolute atomic E-state index is 11.6. The molecule has 1 saturated carbocycles. The van der Waals surface area contributed by atoms with E-state index in [-0.39, 0.29) is 18.1 Å². The predicted octanol–water partition coefficient (Wildman–Crippen LogP) is 2.88. The molecule has 3 rings (SSSR count). The van der Waals surface area contributed by atoms with Crippen LogP contribution < -0.4 is 0 Å². The van der Waals surface area contributed by atoms with Crippen molar-refractivity contribution in [3.63, 3.8) is 0 Å². The number of aromatic nitrogens is 2. The zero-order valence-electron chi connectivity index (χ0n) is 10.4. The van der Waals surface area contributed by atoms with Crippen molar-refractivity contribution in [3.8, 4) is 0 Å². The minimum absolute atomic E-state index is 0.228. The zero-order chi connectivity index (χ0) is 13.1. The fraction of sp³-hybridized carbons (Fsp3) is 0.357. The van der Waals surface area contributed by atoms with Crippen LogP contribution in [0.3, 0.4) is 0 Å². The van der Waals surface area contributed by atoms with E-state index in [1.165, 1.54) is 4.90 Å². The number of nitrogens with zero attached hydrogens (tertiary/aromatic N) is 2. The highest BCUT2D eigenvalue weighted by molar-refractivity contribution is 7.98. The molecule has 1 aliphatic rings. The quantitative estimate of drug-likeness (QED) is 0.758. The standard InChI is InChI=1S/C14H14N2O2S/c17-12(10-6-7-10)8-14-15-13(16-18-14)9-19-11-4-2-1-3-5-11/h1-5,10H,6-9H2. The van der Waals surface area contributed by atoms with Gasteiger partial charge in [-0.15, -0.1) is 11.8 Å². The first-order valence-corrected chi connectivity index (χ1v) is 7.32. The smallest absolute Gasteiger partial charge is 0.234 e. The number of ketones is 1. The van der Waals surface area contributed by atoms with E-state index in [4.69, 9.17) is 4.52 Å². The molecule has 0 atom stereocenters. The number of Topliss-reactive ketones (excluding diaryl/α,β-unsaturated/α-hetero) is 1. The number of carbonyl (C=O) groups excluding carboxylic acids is 1. The Morgan fingerprint density at radius 3 is 2.84 bits per heavy atom. The van der Waals surface area contributed by atoms with Crippen LogP contribution in [0.15, 0.2) is 39.8 Å². The van der Waals surface area contributed by atoms with Gasteiger partial charge in [-0.2, -0.15) is 4.98 Å². The Morgan fingerprint density at radius 2 is 2.11 bits per heavy atom. The van der Waals surface area contributed by atoms with Gasteiger partial charge in [-0.25, -0.2) is 0 Å². The van der Waals surface area contributed by atoms with E-state index in [0.717, 1.165) is 12.8 Å². The summed E-state index contributed by atoms with van der Waals surface area (Å²) in [5, 5.41) is 3.90. The summed E-state index contributed by atoms with van der Waals surface area (Å²) in [4.78, 5) is 17.1. The Morgan fingerprint density at radius 1 is 1.32 bits per heavy atom. The van der Waals surface area contributed by atoms with E-state index in [1.807, 2.05) is 30.3 Å². The summed E-state index contributed by atoms with van der Waals surface area (Å²) in [5.74, 6) is 2.22. The van der Waals surface area contributed by atoms with Gasteiger partial charge >= 0.3 is 0 Å². The second kappa shape index (κ2) is 5.57.